The molecular weight excluding hydrogens is 471 g/mol. The van der Waals surface area contributed by atoms with Gasteiger partial charge in [0.2, 0.25) is 0 Å². The van der Waals surface area contributed by atoms with Crippen LogP contribution in [0.1, 0.15) is 43.9 Å². The molecule has 2 N–H and O–H groups in total. The van der Waals surface area contributed by atoms with Crippen molar-refractivity contribution in [3.63, 3.8) is 0 Å². The zero-order chi connectivity index (χ0) is 18.7. The van der Waals surface area contributed by atoms with Crippen LogP contribution in [0.25, 0.3) is 0 Å². The van der Waals surface area contributed by atoms with Crippen LogP contribution in [0, 0.1) is 0 Å². The molecule has 2 fully saturated rings. The molecule has 160 valence electrons. The van der Waals surface area contributed by atoms with Crippen LogP contribution in [0.2, 0.25) is 0 Å². The lowest BCUT2D eigenvalue weighted by atomic mass is 10.1. The minimum atomic E-state index is 0. The Hall–Kier alpha value is -0.840. The van der Waals surface area contributed by atoms with Crippen molar-refractivity contribution in [2.75, 3.05) is 53.0 Å². The molecule has 0 spiro atoms. The third-order valence-electron chi connectivity index (χ3n) is 5.27. The van der Waals surface area contributed by atoms with Gasteiger partial charge in [-0.3, -0.25) is 9.89 Å². The first-order valence-electron chi connectivity index (χ1n) is 10.3. The fraction of sp³-hybridized carbons (Fsp3) is 0.750. The van der Waals surface area contributed by atoms with Crippen LogP contribution < -0.4 is 10.6 Å². The van der Waals surface area contributed by atoms with Crippen LogP contribution in [0.3, 0.4) is 0 Å². The molecule has 7 nitrogen and oxygen atoms in total. The monoisotopic (exact) mass is 506 g/mol. The molecule has 3 rings (SSSR count). The topological polar surface area (TPSA) is 71.3 Å². The van der Waals surface area contributed by atoms with E-state index < -0.39 is 0 Å². The van der Waals surface area contributed by atoms with Gasteiger partial charge in [-0.05, 0) is 57.3 Å². The maximum atomic E-state index is 5.91. The molecule has 0 saturated carbocycles. The summed E-state index contributed by atoms with van der Waals surface area (Å²) in [5.74, 6) is 1.85. The summed E-state index contributed by atoms with van der Waals surface area (Å²) in [7, 11) is 1.81. The van der Waals surface area contributed by atoms with E-state index in [0.29, 0.717) is 6.10 Å². The Morgan fingerprint density at radius 1 is 1.29 bits per heavy atom. The van der Waals surface area contributed by atoms with Gasteiger partial charge in [0.15, 0.2) is 5.96 Å². The Morgan fingerprint density at radius 3 is 2.75 bits per heavy atom. The van der Waals surface area contributed by atoms with Crippen molar-refractivity contribution in [2.45, 2.75) is 44.2 Å². The summed E-state index contributed by atoms with van der Waals surface area (Å²) in [4.78, 5) is 6.83. The van der Waals surface area contributed by atoms with Crippen LogP contribution in [0.4, 0.5) is 0 Å². The maximum Gasteiger partial charge on any atom is 0.191 e. The zero-order valence-corrected chi connectivity index (χ0v) is 19.2. The van der Waals surface area contributed by atoms with Crippen molar-refractivity contribution in [2.24, 2.45) is 4.99 Å². The minimum absolute atomic E-state index is 0. The average Bonchev–Trinajstić information content (AvgIpc) is 3.42. The second-order valence-electron chi connectivity index (χ2n) is 7.19. The second kappa shape index (κ2) is 13.4. The standard InChI is InChI=1S/C20H34N4O3.HI/c1-21-20(22-9-5-13-26-17-7-14-25-15-8-17)23-16-18(19-6-4-12-27-19)24-10-2-3-11-24;/h4,6,12,17-18H,2-3,5,7-11,13-16H2,1H3,(H2,21,22,23);1H. The molecule has 2 aliphatic rings. The first-order chi connectivity index (χ1) is 13.4. The number of hydrogen-bond donors (Lipinski definition) is 2. The normalized spacial score (nSPS) is 20.0. The molecule has 1 aromatic heterocycles. The van der Waals surface area contributed by atoms with E-state index in [1.165, 1.54) is 12.8 Å². The Morgan fingerprint density at radius 2 is 2.07 bits per heavy atom. The highest BCUT2D eigenvalue weighted by Gasteiger charge is 2.25. The van der Waals surface area contributed by atoms with E-state index in [4.69, 9.17) is 13.9 Å². The maximum absolute atomic E-state index is 5.91. The third-order valence-corrected chi connectivity index (χ3v) is 5.27. The van der Waals surface area contributed by atoms with Crippen molar-refractivity contribution in [3.05, 3.63) is 24.2 Å². The molecule has 1 atom stereocenters. The molecule has 1 aromatic rings. The quantitative estimate of drug-likeness (QED) is 0.232. The smallest absolute Gasteiger partial charge is 0.191 e. The first-order valence-corrected chi connectivity index (χ1v) is 10.3. The lowest BCUT2D eigenvalue weighted by molar-refractivity contribution is -0.0320. The zero-order valence-electron chi connectivity index (χ0n) is 16.9. The second-order valence-corrected chi connectivity index (χ2v) is 7.19. The number of likely N-dealkylation sites (tertiary alicyclic amines) is 1. The highest BCUT2D eigenvalue weighted by molar-refractivity contribution is 14.0. The third kappa shape index (κ3) is 7.53. The number of furan rings is 1. The number of nitrogens with one attached hydrogen (secondary N) is 2. The molecule has 3 heterocycles. The molecule has 0 bridgehead atoms. The predicted octanol–water partition coefficient (Wildman–Crippen LogP) is 2.79. The fourth-order valence-corrected chi connectivity index (χ4v) is 3.73. The lowest BCUT2D eigenvalue weighted by Gasteiger charge is -2.26. The predicted molar refractivity (Wildman–Crippen MR) is 121 cm³/mol. The molecular formula is C20H35IN4O3. The summed E-state index contributed by atoms with van der Waals surface area (Å²) in [6.45, 7) is 6.31. The van der Waals surface area contributed by atoms with Crippen molar-refractivity contribution in [3.8, 4) is 0 Å². The summed E-state index contributed by atoms with van der Waals surface area (Å²) in [5, 5.41) is 6.84. The summed E-state index contributed by atoms with van der Waals surface area (Å²) < 4.78 is 16.9. The van der Waals surface area contributed by atoms with E-state index in [-0.39, 0.29) is 30.0 Å². The summed E-state index contributed by atoms with van der Waals surface area (Å²) in [5.41, 5.74) is 0. The molecule has 1 unspecified atom stereocenters. The first kappa shape index (κ1) is 23.4. The highest BCUT2D eigenvalue weighted by atomic mass is 127. The van der Waals surface area contributed by atoms with Gasteiger partial charge in [-0.15, -0.1) is 24.0 Å². The largest absolute Gasteiger partial charge is 0.468 e. The van der Waals surface area contributed by atoms with Crippen LogP contribution in [-0.4, -0.2) is 70.0 Å². The minimum Gasteiger partial charge on any atom is -0.468 e. The van der Waals surface area contributed by atoms with E-state index in [2.05, 4.69) is 26.6 Å². The number of guanidine groups is 1. The van der Waals surface area contributed by atoms with Gasteiger partial charge in [0, 0.05) is 40.0 Å². The van der Waals surface area contributed by atoms with Crippen LogP contribution in [0.5, 0.6) is 0 Å². The van der Waals surface area contributed by atoms with Gasteiger partial charge in [-0.2, -0.15) is 0 Å². The Balaban J connectivity index is 0.00000280. The van der Waals surface area contributed by atoms with Gasteiger partial charge in [0.25, 0.3) is 0 Å². The molecule has 0 aliphatic carbocycles. The van der Waals surface area contributed by atoms with Gasteiger partial charge in [-0.1, -0.05) is 0 Å². The number of rotatable bonds is 9. The summed E-state index contributed by atoms with van der Waals surface area (Å²) >= 11 is 0. The van der Waals surface area contributed by atoms with Gasteiger partial charge >= 0.3 is 0 Å². The Bertz CT molecular complexity index is 544. The van der Waals surface area contributed by atoms with Crippen LogP contribution in [-0.2, 0) is 9.47 Å². The van der Waals surface area contributed by atoms with E-state index >= 15 is 0 Å². The molecule has 2 saturated heterocycles. The summed E-state index contributed by atoms with van der Waals surface area (Å²) in [6.07, 6.45) is 7.64. The molecule has 0 radical (unpaired) electrons. The summed E-state index contributed by atoms with van der Waals surface area (Å²) in [6, 6.07) is 4.27. The molecule has 2 aliphatic heterocycles. The Labute approximate surface area is 185 Å². The molecule has 8 heteroatoms. The molecule has 0 amide bonds. The fourth-order valence-electron chi connectivity index (χ4n) is 3.73. The highest BCUT2D eigenvalue weighted by Crippen LogP contribution is 2.24. The van der Waals surface area contributed by atoms with E-state index in [9.17, 15) is 0 Å². The van der Waals surface area contributed by atoms with Gasteiger partial charge < -0.3 is 24.5 Å². The van der Waals surface area contributed by atoms with Crippen molar-refractivity contribution in [1.29, 1.82) is 0 Å². The van der Waals surface area contributed by atoms with Crippen molar-refractivity contribution < 1.29 is 13.9 Å². The number of halogens is 1. The number of aliphatic imine (C=N–C) groups is 1. The molecule has 28 heavy (non-hydrogen) atoms. The number of hydrogen-bond acceptors (Lipinski definition) is 5. The van der Waals surface area contributed by atoms with Crippen LogP contribution in [0.15, 0.2) is 27.8 Å². The van der Waals surface area contributed by atoms with Gasteiger partial charge in [0.1, 0.15) is 5.76 Å². The van der Waals surface area contributed by atoms with Gasteiger partial charge in [0.05, 0.1) is 18.4 Å². The lowest BCUT2D eigenvalue weighted by Crippen LogP contribution is -2.43. The van der Waals surface area contributed by atoms with E-state index in [1.54, 1.807) is 6.26 Å². The Kier molecular flexibility index (Phi) is 11.2. The molecule has 0 aromatic carbocycles. The van der Waals surface area contributed by atoms with Crippen LogP contribution >= 0.6 is 24.0 Å². The van der Waals surface area contributed by atoms with E-state index in [1.807, 2.05) is 13.1 Å². The van der Waals surface area contributed by atoms with Crippen molar-refractivity contribution >= 4 is 29.9 Å². The van der Waals surface area contributed by atoms with E-state index in [0.717, 1.165) is 77.0 Å². The SMILES string of the molecule is CN=C(NCCCOC1CCOCC1)NCC(c1ccco1)N1CCCC1.I. The number of ether oxygens (including phenoxy) is 2. The number of nitrogens with zero attached hydrogens (tertiary/aromatic N) is 2. The average molecular weight is 506 g/mol. The van der Waals surface area contributed by atoms with Gasteiger partial charge in [-0.25, -0.2) is 0 Å². The van der Waals surface area contributed by atoms with Crippen molar-refractivity contribution in [1.82, 2.24) is 15.5 Å².